The summed E-state index contributed by atoms with van der Waals surface area (Å²) >= 11 is 6.32. The van der Waals surface area contributed by atoms with E-state index in [0.717, 1.165) is 37.3 Å². The van der Waals surface area contributed by atoms with Crippen molar-refractivity contribution in [1.29, 1.82) is 0 Å². The van der Waals surface area contributed by atoms with Gasteiger partial charge in [-0.1, -0.05) is 23.3 Å². The van der Waals surface area contributed by atoms with Crippen molar-refractivity contribution in [2.45, 2.75) is 64.2 Å². The van der Waals surface area contributed by atoms with E-state index in [-0.39, 0.29) is 11.7 Å². The molecule has 1 aromatic rings. The highest BCUT2D eigenvalue weighted by molar-refractivity contribution is 6.30. The van der Waals surface area contributed by atoms with Crippen molar-refractivity contribution in [1.82, 2.24) is 4.90 Å². The van der Waals surface area contributed by atoms with E-state index in [1.165, 1.54) is 55.1 Å². The van der Waals surface area contributed by atoms with Crippen molar-refractivity contribution in [3.8, 4) is 0 Å². The molecule has 0 unspecified atom stereocenters. The van der Waals surface area contributed by atoms with E-state index in [1.807, 2.05) is 17.0 Å². The van der Waals surface area contributed by atoms with Crippen molar-refractivity contribution >= 4 is 23.2 Å². The van der Waals surface area contributed by atoms with E-state index in [0.29, 0.717) is 31.0 Å². The summed E-state index contributed by atoms with van der Waals surface area (Å²) in [5, 5.41) is 0.814. The SMILES string of the molecule is O=C(C1=C(F)C=CCC1)N1CCC(C(=C2CCC2)N2CCCCc3cc(Cl)ccc32)CC1. The van der Waals surface area contributed by atoms with E-state index in [4.69, 9.17) is 11.6 Å². The molecule has 0 bridgehead atoms. The Kier molecular flexibility index (Phi) is 6.41. The first-order valence-corrected chi connectivity index (χ1v) is 12.6. The fourth-order valence-corrected chi connectivity index (χ4v) is 5.87. The molecule has 4 aliphatic rings. The summed E-state index contributed by atoms with van der Waals surface area (Å²) in [6, 6.07) is 6.36. The topological polar surface area (TPSA) is 23.6 Å². The number of carbonyl (C=O) groups is 1. The number of halogens is 2. The van der Waals surface area contributed by atoms with Gasteiger partial charge in [0.05, 0.1) is 5.57 Å². The number of anilines is 1. The van der Waals surface area contributed by atoms with Gasteiger partial charge in [0, 0.05) is 42.0 Å². The summed E-state index contributed by atoms with van der Waals surface area (Å²) in [7, 11) is 0. The van der Waals surface area contributed by atoms with Crippen molar-refractivity contribution in [3.63, 3.8) is 0 Å². The molecule has 0 aromatic heterocycles. The van der Waals surface area contributed by atoms with Crippen LogP contribution in [0.25, 0.3) is 0 Å². The second kappa shape index (κ2) is 9.43. The molecule has 3 nitrogen and oxygen atoms in total. The number of piperidine rings is 1. The van der Waals surface area contributed by atoms with Crippen LogP contribution >= 0.6 is 11.6 Å². The molecule has 0 radical (unpaired) electrons. The number of hydrogen-bond acceptors (Lipinski definition) is 2. The van der Waals surface area contributed by atoms with Crippen LogP contribution in [0.1, 0.15) is 63.4 Å². The minimum absolute atomic E-state index is 0.0992. The molecule has 0 atom stereocenters. The Morgan fingerprint density at radius 2 is 1.81 bits per heavy atom. The third-order valence-corrected chi connectivity index (χ3v) is 7.80. The molecule has 1 amide bonds. The van der Waals surface area contributed by atoms with Gasteiger partial charge in [0.25, 0.3) is 5.91 Å². The Morgan fingerprint density at radius 3 is 2.53 bits per heavy atom. The fourth-order valence-electron chi connectivity index (χ4n) is 5.67. The first-order valence-electron chi connectivity index (χ1n) is 12.2. The Labute approximate surface area is 195 Å². The highest BCUT2D eigenvalue weighted by atomic mass is 35.5. The number of benzene rings is 1. The molecule has 2 aliphatic heterocycles. The van der Waals surface area contributed by atoms with Crippen molar-refractivity contribution < 1.29 is 9.18 Å². The molecule has 5 rings (SSSR count). The van der Waals surface area contributed by atoms with Crippen LogP contribution < -0.4 is 4.90 Å². The summed E-state index contributed by atoms with van der Waals surface area (Å²) < 4.78 is 14.2. The number of rotatable bonds is 3. The van der Waals surface area contributed by atoms with Crippen LogP contribution in [0.5, 0.6) is 0 Å². The summed E-state index contributed by atoms with van der Waals surface area (Å²) in [6.45, 7) is 2.47. The first kappa shape index (κ1) is 21.8. The summed E-state index contributed by atoms with van der Waals surface area (Å²) in [5.74, 6) is 0.0134. The highest BCUT2D eigenvalue weighted by Gasteiger charge is 2.33. The number of nitrogens with zero attached hydrogens (tertiary/aromatic N) is 2. The molecular weight excluding hydrogens is 423 g/mol. The Morgan fingerprint density at radius 1 is 1.00 bits per heavy atom. The first-order chi connectivity index (χ1) is 15.6. The van der Waals surface area contributed by atoms with Crippen LogP contribution in [0.3, 0.4) is 0 Å². The molecule has 5 heteroatoms. The van der Waals surface area contributed by atoms with Crippen LogP contribution in [0.2, 0.25) is 5.02 Å². The largest absolute Gasteiger partial charge is 0.345 e. The maximum atomic E-state index is 14.2. The van der Waals surface area contributed by atoms with Crippen LogP contribution in [0.4, 0.5) is 10.1 Å². The minimum atomic E-state index is -0.347. The second-order valence-corrected chi connectivity index (χ2v) is 9.99. The fraction of sp³-hybridized carbons (Fsp3) is 0.519. The standard InChI is InChI=1S/C27H32ClFN2O/c28-22-11-12-25-21(18-22)6-3-4-15-31(25)26(19-7-5-8-19)20-13-16-30(17-14-20)27(32)23-9-1-2-10-24(23)29/h2,10-12,18,20H,1,3-9,13-17H2. The zero-order valence-electron chi connectivity index (χ0n) is 18.7. The molecule has 1 saturated heterocycles. The highest BCUT2D eigenvalue weighted by Crippen LogP contribution is 2.42. The summed E-state index contributed by atoms with van der Waals surface area (Å²) in [4.78, 5) is 17.4. The average Bonchev–Trinajstić information content (AvgIpc) is 2.98. The van der Waals surface area contributed by atoms with Gasteiger partial charge < -0.3 is 9.80 Å². The van der Waals surface area contributed by atoms with E-state index >= 15 is 0 Å². The lowest BCUT2D eigenvalue weighted by atomic mass is 9.81. The summed E-state index contributed by atoms with van der Waals surface area (Å²) in [6.07, 6.45) is 13.5. The molecule has 1 saturated carbocycles. The number of allylic oxidation sites excluding steroid dienone is 5. The summed E-state index contributed by atoms with van der Waals surface area (Å²) in [5.41, 5.74) is 6.15. The Hall–Kier alpha value is -2.07. The number of hydrogen-bond donors (Lipinski definition) is 0. The van der Waals surface area contributed by atoms with Gasteiger partial charge in [0.15, 0.2) is 0 Å². The van der Waals surface area contributed by atoms with Crippen LogP contribution in [0, 0.1) is 5.92 Å². The molecule has 2 aliphatic carbocycles. The molecule has 0 spiro atoms. The van der Waals surface area contributed by atoms with Crippen LogP contribution in [-0.4, -0.2) is 30.4 Å². The van der Waals surface area contributed by atoms with Gasteiger partial charge in [0.2, 0.25) is 0 Å². The Balaban J connectivity index is 1.37. The van der Waals surface area contributed by atoms with Gasteiger partial charge in [-0.15, -0.1) is 0 Å². The van der Waals surface area contributed by atoms with Crippen molar-refractivity contribution in [2.24, 2.45) is 5.92 Å². The van der Waals surface area contributed by atoms with Crippen molar-refractivity contribution in [2.75, 3.05) is 24.5 Å². The maximum Gasteiger partial charge on any atom is 0.252 e. The third-order valence-electron chi connectivity index (χ3n) is 7.56. The maximum absolute atomic E-state index is 14.2. The number of amides is 1. The predicted octanol–water partition coefficient (Wildman–Crippen LogP) is 6.73. The van der Waals surface area contributed by atoms with Crippen molar-refractivity contribution in [3.05, 3.63) is 63.6 Å². The zero-order valence-corrected chi connectivity index (χ0v) is 19.5. The Bertz CT molecular complexity index is 981. The van der Waals surface area contributed by atoms with E-state index in [9.17, 15) is 9.18 Å². The van der Waals surface area contributed by atoms with Gasteiger partial charge in [0.1, 0.15) is 5.83 Å². The molecule has 0 N–H and O–H groups in total. The predicted molar refractivity (Wildman–Crippen MR) is 128 cm³/mol. The molecule has 1 aromatic carbocycles. The zero-order chi connectivity index (χ0) is 22.1. The van der Waals surface area contributed by atoms with Gasteiger partial charge in [-0.2, -0.15) is 0 Å². The second-order valence-electron chi connectivity index (χ2n) is 9.56. The molecular formula is C27H32ClFN2O. The van der Waals surface area contributed by atoms with Gasteiger partial charge in [-0.25, -0.2) is 4.39 Å². The van der Waals surface area contributed by atoms with E-state index in [2.05, 4.69) is 17.0 Å². The minimum Gasteiger partial charge on any atom is -0.345 e. The third kappa shape index (κ3) is 4.26. The lowest BCUT2D eigenvalue weighted by Crippen LogP contribution is -2.42. The number of likely N-dealkylation sites (tertiary alicyclic amines) is 1. The lowest BCUT2D eigenvalue weighted by Gasteiger charge is -2.41. The molecule has 2 heterocycles. The van der Waals surface area contributed by atoms with Gasteiger partial charge in [-0.3, -0.25) is 4.79 Å². The van der Waals surface area contributed by atoms with E-state index in [1.54, 1.807) is 5.57 Å². The van der Waals surface area contributed by atoms with Gasteiger partial charge in [-0.05, 0) is 94.0 Å². The number of carbonyl (C=O) groups excluding carboxylic acids is 1. The molecule has 170 valence electrons. The van der Waals surface area contributed by atoms with Crippen LogP contribution in [0.15, 0.2) is 53.0 Å². The number of aryl methyl sites for hydroxylation is 1. The molecule has 2 fully saturated rings. The van der Waals surface area contributed by atoms with E-state index < -0.39 is 0 Å². The molecule has 32 heavy (non-hydrogen) atoms. The normalized spacial score (nSPS) is 21.9. The monoisotopic (exact) mass is 454 g/mol. The van der Waals surface area contributed by atoms with Gasteiger partial charge >= 0.3 is 0 Å². The number of fused-ring (bicyclic) bond motifs is 1. The quantitative estimate of drug-likeness (QED) is 0.505. The van der Waals surface area contributed by atoms with Crippen LogP contribution in [-0.2, 0) is 11.2 Å². The lowest BCUT2D eigenvalue weighted by molar-refractivity contribution is -0.128. The average molecular weight is 455 g/mol. The smallest absolute Gasteiger partial charge is 0.252 e.